The fourth-order valence-electron chi connectivity index (χ4n) is 3.97. The van der Waals surface area contributed by atoms with Crippen molar-refractivity contribution in [1.29, 1.82) is 0 Å². The molecule has 186 valence electrons. The highest BCUT2D eigenvalue weighted by atomic mass is 14.2. The van der Waals surface area contributed by atoms with E-state index >= 15 is 0 Å². The summed E-state index contributed by atoms with van der Waals surface area (Å²) in [6.07, 6.45) is 20.9. The third-order valence-electron chi connectivity index (χ3n) is 7.87. The van der Waals surface area contributed by atoms with Crippen LogP contribution < -0.4 is 0 Å². The van der Waals surface area contributed by atoms with E-state index in [0.717, 1.165) is 30.6 Å². The minimum atomic E-state index is 0.0936. The van der Waals surface area contributed by atoms with Gasteiger partial charge in [-0.2, -0.15) is 0 Å². The first-order valence-corrected chi connectivity index (χ1v) is 13.5. The standard InChI is InChI=1S/C32H58/c1-12-32(11,23-14-17-28(7)19-21-31(10)26(4)5)24-22-29(8)16-13-15-27(6)18-20-30(9)25(2)3/h12,17,22,24-25,27,29-31H,1,4,13-16,18-21,23H2,2-3,5-11H3/b24-22+,28-17+. The lowest BCUT2D eigenvalue weighted by atomic mass is 9.83. The van der Waals surface area contributed by atoms with Gasteiger partial charge in [-0.05, 0) is 75.5 Å². The van der Waals surface area contributed by atoms with E-state index in [9.17, 15) is 0 Å². The monoisotopic (exact) mass is 442 g/mol. The second-order valence-electron chi connectivity index (χ2n) is 11.8. The first-order valence-electron chi connectivity index (χ1n) is 13.5. The normalized spacial score (nSPS) is 18.4. The highest BCUT2D eigenvalue weighted by molar-refractivity contribution is 5.10. The molecular formula is C32H58. The Labute approximate surface area is 203 Å². The third-order valence-corrected chi connectivity index (χ3v) is 7.87. The number of hydrogen-bond acceptors (Lipinski definition) is 0. The maximum absolute atomic E-state index is 4.14. The average Bonchev–Trinajstić information content (AvgIpc) is 2.74. The minimum Gasteiger partial charge on any atom is -0.102 e. The van der Waals surface area contributed by atoms with Crippen molar-refractivity contribution >= 4 is 0 Å². The van der Waals surface area contributed by atoms with Gasteiger partial charge in [-0.1, -0.05) is 116 Å². The molecule has 5 unspecified atom stereocenters. The molecule has 0 nitrogen and oxygen atoms in total. The van der Waals surface area contributed by atoms with Crippen LogP contribution in [0.25, 0.3) is 0 Å². The van der Waals surface area contributed by atoms with E-state index in [-0.39, 0.29) is 5.41 Å². The van der Waals surface area contributed by atoms with Crippen molar-refractivity contribution in [1.82, 2.24) is 0 Å². The average molecular weight is 443 g/mol. The summed E-state index contributed by atoms with van der Waals surface area (Å²) in [5, 5.41) is 0. The van der Waals surface area contributed by atoms with E-state index < -0.39 is 0 Å². The highest BCUT2D eigenvalue weighted by Gasteiger charge is 2.16. The number of hydrogen-bond donors (Lipinski definition) is 0. The zero-order valence-corrected chi connectivity index (χ0v) is 23.5. The van der Waals surface area contributed by atoms with Gasteiger partial charge in [0.25, 0.3) is 0 Å². The molecule has 0 N–H and O–H groups in total. The van der Waals surface area contributed by atoms with Crippen LogP contribution in [0.5, 0.6) is 0 Å². The summed E-state index contributed by atoms with van der Waals surface area (Å²) in [4.78, 5) is 0. The van der Waals surface area contributed by atoms with Gasteiger partial charge in [0.05, 0.1) is 0 Å². The van der Waals surface area contributed by atoms with Gasteiger partial charge in [-0.3, -0.25) is 0 Å². The molecule has 5 atom stereocenters. The Balaban J connectivity index is 4.35. The molecule has 0 aliphatic carbocycles. The van der Waals surface area contributed by atoms with Gasteiger partial charge in [0.15, 0.2) is 0 Å². The number of rotatable bonds is 18. The summed E-state index contributed by atoms with van der Waals surface area (Å²) in [6.45, 7) is 29.2. The molecule has 0 bridgehead atoms. The quantitative estimate of drug-likeness (QED) is 0.185. The van der Waals surface area contributed by atoms with E-state index in [1.54, 1.807) is 0 Å². The Morgan fingerprint density at radius 2 is 1.56 bits per heavy atom. The summed E-state index contributed by atoms with van der Waals surface area (Å²) in [6, 6.07) is 0. The lowest BCUT2D eigenvalue weighted by molar-refractivity contribution is 0.337. The van der Waals surface area contributed by atoms with E-state index in [2.05, 4.69) is 99.8 Å². The summed E-state index contributed by atoms with van der Waals surface area (Å²) in [5.74, 6) is 3.80. The molecule has 0 aromatic rings. The second kappa shape index (κ2) is 16.6. The van der Waals surface area contributed by atoms with Crippen LogP contribution in [0.15, 0.2) is 48.6 Å². The Hall–Kier alpha value is -1.04. The van der Waals surface area contributed by atoms with Crippen LogP contribution in [0.3, 0.4) is 0 Å². The third kappa shape index (κ3) is 14.9. The fraction of sp³-hybridized carbons (Fsp3) is 0.750. The van der Waals surface area contributed by atoms with Crippen LogP contribution in [0.4, 0.5) is 0 Å². The number of allylic oxidation sites excluding steroid dienone is 6. The van der Waals surface area contributed by atoms with E-state index in [4.69, 9.17) is 0 Å². The molecule has 0 radical (unpaired) electrons. The van der Waals surface area contributed by atoms with Gasteiger partial charge in [0, 0.05) is 5.41 Å². The predicted molar refractivity (Wildman–Crippen MR) is 149 cm³/mol. The van der Waals surface area contributed by atoms with Crippen LogP contribution in [-0.4, -0.2) is 0 Å². The summed E-state index contributed by atoms with van der Waals surface area (Å²) >= 11 is 0. The second-order valence-corrected chi connectivity index (χ2v) is 11.8. The van der Waals surface area contributed by atoms with E-state index in [1.807, 2.05) is 0 Å². The Morgan fingerprint density at radius 1 is 0.906 bits per heavy atom. The first-order chi connectivity index (χ1) is 14.9. The van der Waals surface area contributed by atoms with Gasteiger partial charge in [-0.25, -0.2) is 0 Å². The van der Waals surface area contributed by atoms with Gasteiger partial charge in [-0.15, -0.1) is 6.58 Å². The highest BCUT2D eigenvalue weighted by Crippen LogP contribution is 2.29. The maximum Gasteiger partial charge on any atom is 0.00330 e. The Bertz CT molecular complexity index is 575. The zero-order valence-electron chi connectivity index (χ0n) is 23.5. The SMILES string of the molecule is C=CC(C)(/C=C/C(C)CCCC(C)CCC(C)C(C)C)CC/C=C(\C)CCC(C)C(=C)C. The van der Waals surface area contributed by atoms with Gasteiger partial charge in [0.2, 0.25) is 0 Å². The zero-order chi connectivity index (χ0) is 24.7. The molecule has 0 spiro atoms. The largest absolute Gasteiger partial charge is 0.102 e. The molecule has 32 heavy (non-hydrogen) atoms. The molecule has 0 aliphatic rings. The molecule has 0 heteroatoms. The first kappa shape index (κ1) is 31.0. The van der Waals surface area contributed by atoms with E-state index in [1.165, 1.54) is 56.1 Å². The van der Waals surface area contributed by atoms with Crippen molar-refractivity contribution < 1.29 is 0 Å². The minimum absolute atomic E-state index is 0.0936. The lowest BCUT2D eigenvalue weighted by Crippen LogP contribution is -2.09. The van der Waals surface area contributed by atoms with Crippen LogP contribution >= 0.6 is 0 Å². The molecule has 0 amide bonds. The van der Waals surface area contributed by atoms with E-state index in [0.29, 0.717) is 11.8 Å². The van der Waals surface area contributed by atoms with Crippen molar-refractivity contribution in [3.8, 4) is 0 Å². The fourth-order valence-corrected chi connectivity index (χ4v) is 3.97. The van der Waals surface area contributed by atoms with Crippen molar-refractivity contribution in [3.05, 3.63) is 48.6 Å². The summed E-state index contributed by atoms with van der Waals surface area (Å²) in [7, 11) is 0. The molecule has 0 aromatic carbocycles. The molecule has 0 rings (SSSR count). The maximum atomic E-state index is 4.14. The topological polar surface area (TPSA) is 0 Å². The molecule has 0 aromatic heterocycles. The Morgan fingerprint density at radius 3 is 2.12 bits per heavy atom. The molecule has 0 aliphatic heterocycles. The van der Waals surface area contributed by atoms with Gasteiger partial charge < -0.3 is 0 Å². The van der Waals surface area contributed by atoms with Crippen LogP contribution in [0.1, 0.15) is 120 Å². The van der Waals surface area contributed by atoms with Crippen molar-refractivity contribution in [2.45, 2.75) is 120 Å². The summed E-state index contributed by atoms with van der Waals surface area (Å²) in [5.41, 5.74) is 2.90. The Kier molecular flexibility index (Phi) is 16.0. The molecule has 0 saturated carbocycles. The van der Waals surface area contributed by atoms with Gasteiger partial charge in [0.1, 0.15) is 0 Å². The predicted octanol–water partition coefficient (Wildman–Crippen LogP) is 11.0. The molecule has 0 saturated heterocycles. The van der Waals surface area contributed by atoms with Crippen LogP contribution in [0.2, 0.25) is 0 Å². The van der Waals surface area contributed by atoms with Crippen LogP contribution in [-0.2, 0) is 0 Å². The smallest absolute Gasteiger partial charge is 0.00330 e. The van der Waals surface area contributed by atoms with Crippen LogP contribution in [0, 0.1) is 35.0 Å². The van der Waals surface area contributed by atoms with Crippen molar-refractivity contribution in [2.24, 2.45) is 35.0 Å². The molecular weight excluding hydrogens is 384 g/mol. The molecule has 0 heterocycles. The lowest BCUT2D eigenvalue weighted by Gasteiger charge is -2.22. The van der Waals surface area contributed by atoms with Gasteiger partial charge >= 0.3 is 0 Å². The van der Waals surface area contributed by atoms with Crippen molar-refractivity contribution in [3.63, 3.8) is 0 Å². The van der Waals surface area contributed by atoms with Crippen molar-refractivity contribution in [2.75, 3.05) is 0 Å². The molecule has 0 fully saturated rings. The summed E-state index contributed by atoms with van der Waals surface area (Å²) < 4.78 is 0.